The summed E-state index contributed by atoms with van der Waals surface area (Å²) in [7, 11) is 0. The molecule has 4 heteroatoms. The van der Waals surface area contributed by atoms with Gasteiger partial charge in [-0.1, -0.05) is 28.4 Å². The molecule has 0 spiro atoms. The molecule has 1 aliphatic carbocycles. The van der Waals surface area contributed by atoms with Crippen LogP contribution in [0.15, 0.2) is 18.2 Å². The average molecular weight is 297 g/mol. The van der Waals surface area contributed by atoms with Crippen molar-refractivity contribution in [2.75, 3.05) is 6.54 Å². The van der Waals surface area contributed by atoms with Crippen LogP contribution in [0, 0.1) is 12.8 Å². The molecule has 1 fully saturated rings. The Labute approximate surface area is 110 Å². The molecule has 1 saturated carbocycles. The van der Waals surface area contributed by atoms with E-state index in [-0.39, 0.29) is 5.91 Å². The number of hydrogen-bond acceptors (Lipinski definition) is 2. The molecule has 1 heterocycles. The van der Waals surface area contributed by atoms with E-state index >= 15 is 0 Å². The van der Waals surface area contributed by atoms with E-state index in [0.29, 0.717) is 16.4 Å². The smallest absolute Gasteiger partial charge is 0.269 e. The molecule has 1 aromatic rings. The van der Waals surface area contributed by atoms with Crippen LogP contribution in [0.5, 0.6) is 0 Å². The van der Waals surface area contributed by atoms with Crippen molar-refractivity contribution in [2.45, 2.75) is 31.0 Å². The van der Waals surface area contributed by atoms with Crippen LogP contribution in [-0.2, 0) is 0 Å². The molecule has 0 radical (unpaired) electrons. The van der Waals surface area contributed by atoms with Crippen LogP contribution in [0.4, 0.5) is 0 Å². The second kappa shape index (κ2) is 5.63. The highest BCUT2D eigenvalue weighted by Crippen LogP contribution is 2.30. The zero-order chi connectivity index (χ0) is 12.3. The topological polar surface area (TPSA) is 42.0 Å². The molecule has 1 aromatic heterocycles. The van der Waals surface area contributed by atoms with Crippen molar-refractivity contribution in [1.82, 2.24) is 10.3 Å². The number of pyridine rings is 1. The number of alkyl halides is 1. The maximum absolute atomic E-state index is 11.9. The second-order valence-corrected chi connectivity index (χ2v) is 5.76. The summed E-state index contributed by atoms with van der Waals surface area (Å²) in [5, 5.41) is 2.97. The summed E-state index contributed by atoms with van der Waals surface area (Å²) in [4.78, 5) is 16.6. The lowest BCUT2D eigenvalue weighted by molar-refractivity contribution is 0.0942. The lowest BCUT2D eigenvalue weighted by atomic mass is 10.1. The van der Waals surface area contributed by atoms with Crippen molar-refractivity contribution in [2.24, 2.45) is 5.92 Å². The lowest BCUT2D eigenvalue weighted by Gasteiger charge is -2.14. The molecule has 1 aliphatic rings. The number of nitrogens with zero attached hydrogens (tertiary/aromatic N) is 1. The van der Waals surface area contributed by atoms with Gasteiger partial charge in [0.05, 0.1) is 0 Å². The fraction of sp³-hybridized carbons (Fsp3) is 0.538. The number of aromatic nitrogens is 1. The van der Waals surface area contributed by atoms with E-state index in [1.54, 1.807) is 6.07 Å². The molecule has 0 aromatic carbocycles. The summed E-state index contributed by atoms with van der Waals surface area (Å²) < 4.78 is 0. The Morgan fingerprint density at radius 2 is 2.35 bits per heavy atom. The minimum Gasteiger partial charge on any atom is -0.350 e. The monoisotopic (exact) mass is 296 g/mol. The highest BCUT2D eigenvalue weighted by Gasteiger charge is 2.25. The van der Waals surface area contributed by atoms with Crippen LogP contribution in [0.25, 0.3) is 0 Å². The van der Waals surface area contributed by atoms with Crippen LogP contribution >= 0.6 is 15.9 Å². The number of amides is 1. The number of nitrogens with one attached hydrogen (secondary N) is 1. The van der Waals surface area contributed by atoms with Gasteiger partial charge in [0.1, 0.15) is 5.69 Å². The van der Waals surface area contributed by atoms with E-state index in [4.69, 9.17) is 0 Å². The first-order valence-corrected chi connectivity index (χ1v) is 6.94. The van der Waals surface area contributed by atoms with Crippen molar-refractivity contribution in [3.05, 3.63) is 29.6 Å². The van der Waals surface area contributed by atoms with Crippen molar-refractivity contribution >= 4 is 21.8 Å². The molecular formula is C13H17BrN2O. The second-order valence-electron chi connectivity index (χ2n) is 4.58. The minimum absolute atomic E-state index is 0.0692. The van der Waals surface area contributed by atoms with Crippen molar-refractivity contribution in [1.29, 1.82) is 0 Å². The van der Waals surface area contributed by atoms with Gasteiger partial charge in [-0.15, -0.1) is 0 Å². The van der Waals surface area contributed by atoms with Crippen LogP contribution in [0.3, 0.4) is 0 Å². The Bertz CT molecular complexity index is 408. The zero-order valence-electron chi connectivity index (χ0n) is 9.95. The van der Waals surface area contributed by atoms with E-state index < -0.39 is 0 Å². The first-order chi connectivity index (χ1) is 8.16. The van der Waals surface area contributed by atoms with Gasteiger partial charge in [-0.3, -0.25) is 4.79 Å². The predicted molar refractivity (Wildman–Crippen MR) is 71.4 cm³/mol. The minimum atomic E-state index is -0.0692. The van der Waals surface area contributed by atoms with E-state index in [2.05, 4.69) is 26.2 Å². The van der Waals surface area contributed by atoms with Gasteiger partial charge < -0.3 is 5.32 Å². The summed E-state index contributed by atoms with van der Waals surface area (Å²) in [5.74, 6) is 0.490. The fourth-order valence-corrected chi connectivity index (χ4v) is 2.98. The van der Waals surface area contributed by atoms with E-state index in [1.807, 2.05) is 19.1 Å². The van der Waals surface area contributed by atoms with Gasteiger partial charge in [0.2, 0.25) is 0 Å². The van der Waals surface area contributed by atoms with Gasteiger partial charge in [-0.05, 0) is 37.8 Å². The Kier molecular flexibility index (Phi) is 4.15. The highest BCUT2D eigenvalue weighted by molar-refractivity contribution is 9.09. The number of halogens is 1. The number of carbonyl (C=O) groups is 1. The number of aryl methyl sites for hydroxylation is 1. The molecule has 2 atom stereocenters. The highest BCUT2D eigenvalue weighted by atomic mass is 79.9. The SMILES string of the molecule is Cc1cccc(C(=O)NCC2CCCC2Br)n1. The van der Waals surface area contributed by atoms with Crippen molar-refractivity contribution < 1.29 is 4.79 Å². The number of rotatable bonds is 3. The van der Waals surface area contributed by atoms with Gasteiger partial charge in [0, 0.05) is 17.1 Å². The average Bonchev–Trinajstić information content (AvgIpc) is 2.72. The van der Waals surface area contributed by atoms with Gasteiger partial charge in [0.25, 0.3) is 5.91 Å². The molecule has 1 N–H and O–H groups in total. The molecule has 3 nitrogen and oxygen atoms in total. The van der Waals surface area contributed by atoms with Crippen LogP contribution in [0.1, 0.15) is 35.4 Å². The summed E-state index contributed by atoms with van der Waals surface area (Å²) >= 11 is 3.66. The number of hydrogen-bond donors (Lipinski definition) is 1. The summed E-state index contributed by atoms with van der Waals surface area (Å²) in [6.07, 6.45) is 3.65. The third kappa shape index (κ3) is 3.28. The molecule has 0 saturated heterocycles. The molecule has 1 amide bonds. The predicted octanol–water partition coefficient (Wildman–Crippen LogP) is 2.68. The quantitative estimate of drug-likeness (QED) is 0.872. The third-order valence-electron chi connectivity index (χ3n) is 3.21. The Morgan fingerprint density at radius 1 is 1.53 bits per heavy atom. The Hall–Kier alpha value is -0.900. The Morgan fingerprint density at radius 3 is 3.00 bits per heavy atom. The van der Waals surface area contributed by atoms with Crippen LogP contribution in [-0.4, -0.2) is 22.3 Å². The van der Waals surface area contributed by atoms with Gasteiger partial charge in [-0.2, -0.15) is 0 Å². The summed E-state index contributed by atoms with van der Waals surface area (Å²) in [5.41, 5.74) is 1.38. The molecule has 17 heavy (non-hydrogen) atoms. The fourth-order valence-electron chi connectivity index (χ4n) is 2.21. The molecule has 0 bridgehead atoms. The molecular weight excluding hydrogens is 280 g/mol. The first kappa shape index (κ1) is 12.6. The van der Waals surface area contributed by atoms with Gasteiger partial charge >= 0.3 is 0 Å². The van der Waals surface area contributed by atoms with Gasteiger partial charge in [0.15, 0.2) is 0 Å². The Balaban J connectivity index is 1.89. The third-order valence-corrected chi connectivity index (χ3v) is 4.42. The summed E-state index contributed by atoms with van der Waals surface area (Å²) in [6.45, 7) is 2.63. The molecule has 92 valence electrons. The van der Waals surface area contributed by atoms with E-state index in [0.717, 1.165) is 12.2 Å². The standard InChI is InChI=1S/C13H17BrN2O/c1-9-4-2-7-12(16-9)13(17)15-8-10-5-3-6-11(10)14/h2,4,7,10-11H,3,5-6,8H2,1H3,(H,15,17). The first-order valence-electron chi connectivity index (χ1n) is 6.03. The number of carbonyl (C=O) groups excluding carboxylic acids is 1. The maximum Gasteiger partial charge on any atom is 0.269 e. The van der Waals surface area contributed by atoms with Crippen LogP contribution < -0.4 is 5.32 Å². The van der Waals surface area contributed by atoms with Crippen molar-refractivity contribution in [3.63, 3.8) is 0 Å². The summed E-state index contributed by atoms with van der Waals surface area (Å²) in [6, 6.07) is 5.50. The largest absolute Gasteiger partial charge is 0.350 e. The lowest BCUT2D eigenvalue weighted by Crippen LogP contribution is -2.31. The zero-order valence-corrected chi connectivity index (χ0v) is 11.5. The molecule has 0 aliphatic heterocycles. The van der Waals surface area contributed by atoms with Crippen molar-refractivity contribution in [3.8, 4) is 0 Å². The normalized spacial score (nSPS) is 23.6. The van der Waals surface area contributed by atoms with Gasteiger partial charge in [-0.25, -0.2) is 4.98 Å². The van der Waals surface area contributed by atoms with E-state index in [1.165, 1.54) is 19.3 Å². The molecule has 2 rings (SSSR count). The van der Waals surface area contributed by atoms with Crippen LogP contribution in [0.2, 0.25) is 0 Å². The van der Waals surface area contributed by atoms with E-state index in [9.17, 15) is 4.79 Å². The maximum atomic E-state index is 11.9. The molecule has 2 unspecified atom stereocenters.